The highest BCUT2D eigenvalue weighted by molar-refractivity contribution is 5.74. The van der Waals surface area contributed by atoms with Gasteiger partial charge in [-0.25, -0.2) is 0 Å². The zero-order valence-electron chi connectivity index (χ0n) is 6.19. The number of rotatable bonds is 1. The lowest BCUT2D eigenvalue weighted by Crippen LogP contribution is -2.44. The van der Waals surface area contributed by atoms with Crippen LogP contribution in [0.2, 0.25) is 0 Å². The first-order chi connectivity index (χ1) is 5.33. The molecule has 3 N–H and O–H groups in total. The van der Waals surface area contributed by atoms with Gasteiger partial charge in [-0.15, -0.1) is 0 Å². The minimum atomic E-state index is -0.218. The van der Waals surface area contributed by atoms with Crippen LogP contribution >= 0.6 is 0 Å². The van der Waals surface area contributed by atoms with Gasteiger partial charge in [0.2, 0.25) is 6.23 Å². The molecular formula is C6H10N4O+. The second-order valence-corrected chi connectivity index (χ2v) is 2.45. The molecule has 5 nitrogen and oxygen atoms in total. The molecule has 2 unspecified atom stereocenters. The Hall–Kier alpha value is -0.910. The maximum Gasteiger partial charge on any atom is 0.286 e. The third kappa shape index (κ3) is 0.857. The Morgan fingerprint density at radius 3 is 3.27 bits per heavy atom. The van der Waals surface area contributed by atoms with Crippen molar-refractivity contribution in [2.45, 2.75) is 12.4 Å². The Balaban J connectivity index is 2.18. The van der Waals surface area contributed by atoms with E-state index in [0.29, 0.717) is 0 Å². The molecule has 11 heavy (non-hydrogen) atoms. The van der Waals surface area contributed by atoms with E-state index >= 15 is 0 Å². The van der Waals surface area contributed by atoms with Crippen molar-refractivity contribution in [3.63, 3.8) is 0 Å². The number of hydrogen-bond acceptors (Lipinski definition) is 5. The van der Waals surface area contributed by atoms with Crippen LogP contribution in [0.3, 0.4) is 0 Å². The van der Waals surface area contributed by atoms with Gasteiger partial charge >= 0.3 is 0 Å². The summed E-state index contributed by atoms with van der Waals surface area (Å²) in [5, 5.41) is 8.79. The summed E-state index contributed by atoms with van der Waals surface area (Å²) in [6.45, 7) is 0. The van der Waals surface area contributed by atoms with Gasteiger partial charge < -0.3 is 10.1 Å². The number of hydrogen-bond donors (Lipinski definition) is 2. The molecule has 0 bridgehead atoms. The van der Waals surface area contributed by atoms with Crippen molar-refractivity contribution < 1.29 is 4.74 Å². The van der Waals surface area contributed by atoms with Gasteiger partial charge in [0.1, 0.15) is 0 Å². The number of nitrogens with one attached hydrogen (secondary N) is 1. The highest BCUT2D eigenvalue weighted by Crippen LogP contribution is 2.16. The maximum atomic E-state index is 5.76. The van der Waals surface area contributed by atoms with E-state index in [1.54, 1.807) is 18.3 Å². The zero-order valence-corrected chi connectivity index (χ0v) is 6.19. The van der Waals surface area contributed by atoms with Crippen LogP contribution in [0, 0.1) is 0 Å². The predicted molar refractivity (Wildman–Crippen MR) is 40.6 cm³/mol. The minimum Gasteiger partial charge on any atom is -0.354 e. The molecule has 0 aromatic heterocycles. The topological polar surface area (TPSA) is 65.5 Å². The lowest BCUT2D eigenvalue weighted by Gasteiger charge is -2.06. The first-order valence-corrected chi connectivity index (χ1v) is 3.41. The highest BCUT2D eigenvalue weighted by atomic mass is 16.5. The number of nitrogens with zero attached hydrogens (tertiary/aromatic N) is 2. The molecule has 1 saturated heterocycles. The normalized spacial score (nSPS) is 35.3. The second kappa shape index (κ2) is 2.30. The Bertz CT molecular complexity index is 225. The fraction of sp³-hybridized carbons (Fsp3) is 0.500. The number of fused-ring (bicyclic) bond motifs is 1. The molecule has 2 atom stereocenters. The van der Waals surface area contributed by atoms with Gasteiger partial charge in [0.05, 0.1) is 6.21 Å². The summed E-state index contributed by atoms with van der Waals surface area (Å²) in [4.78, 5) is 0. The molecule has 59 valence electrons. The van der Waals surface area contributed by atoms with Crippen LogP contribution in [0.5, 0.6) is 0 Å². The Morgan fingerprint density at radius 2 is 2.64 bits per heavy atom. The Kier molecular flexibility index (Phi) is 1.42. The number of methoxy groups -OCH3 is 1. The Morgan fingerprint density at radius 1 is 1.82 bits per heavy atom. The number of hydrazone groups is 1. The van der Waals surface area contributed by atoms with Crippen LogP contribution in [-0.4, -0.2) is 25.7 Å². The molecule has 2 heterocycles. The summed E-state index contributed by atoms with van der Waals surface area (Å²) in [5.41, 5.74) is 5.76. The van der Waals surface area contributed by atoms with E-state index in [4.69, 9.17) is 10.5 Å². The second-order valence-electron chi connectivity index (χ2n) is 2.45. The van der Waals surface area contributed by atoms with Crippen LogP contribution in [0.25, 0.3) is 0 Å². The number of nitrogens with two attached hydrogens (primary N) is 1. The molecule has 2 rings (SSSR count). The molecule has 0 aromatic rings. The first-order valence-electron chi connectivity index (χ1n) is 3.41. The standard InChI is InChI=1S/C6H10N4O/c1-11-6-5(7)10-4(9-6)2-3-8-10/h2-3,5-6,9H,7H2,1H3/q+1. The van der Waals surface area contributed by atoms with Crippen molar-refractivity contribution in [3.05, 3.63) is 11.9 Å². The van der Waals surface area contributed by atoms with Gasteiger partial charge in [-0.1, -0.05) is 0 Å². The van der Waals surface area contributed by atoms with Crippen molar-refractivity contribution in [2.75, 3.05) is 7.11 Å². The average Bonchev–Trinajstić information content (AvgIpc) is 2.53. The quantitative estimate of drug-likeness (QED) is 0.468. The van der Waals surface area contributed by atoms with Gasteiger partial charge in [-0.2, -0.15) is 0 Å². The Labute approximate surface area is 64.5 Å². The van der Waals surface area contributed by atoms with Crippen molar-refractivity contribution in [1.82, 2.24) is 10.3 Å². The third-order valence-electron chi connectivity index (χ3n) is 1.81. The average molecular weight is 154 g/mol. The molecular weight excluding hydrogens is 144 g/mol. The van der Waals surface area contributed by atoms with Crippen LogP contribution in [0.15, 0.2) is 17.0 Å². The van der Waals surface area contributed by atoms with Crippen LogP contribution in [0.4, 0.5) is 0 Å². The largest absolute Gasteiger partial charge is 0.354 e. The summed E-state index contributed by atoms with van der Waals surface area (Å²) in [7, 11) is 1.62. The van der Waals surface area contributed by atoms with Gasteiger partial charge in [0.15, 0.2) is 0 Å². The molecule has 1 radical (unpaired) electrons. The fourth-order valence-electron chi connectivity index (χ4n) is 1.22. The van der Waals surface area contributed by atoms with Crippen LogP contribution < -0.4 is 16.1 Å². The van der Waals surface area contributed by atoms with E-state index in [1.165, 1.54) is 0 Å². The van der Waals surface area contributed by atoms with E-state index in [1.807, 2.05) is 6.08 Å². The predicted octanol–water partition coefficient (Wildman–Crippen LogP) is -1.17. The molecule has 2 aliphatic rings. The lowest BCUT2D eigenvalue weighted by molar-refractivity contribution is 0.0696. The summed E-state index contributed by atoms with van der Waals surface area (Å²) in [6.07, 6.45) is 3.19. The van der Waals surface area contributed by atoms with Crippen LogP contribution in [0.1, 0.15) is 0 Å². The van der Waals surface area contributed by atoms with E-state index in [0.717, 1.165) is 5.82 Å². The molecule has 0 amide bonds. The zero-order chi connectivity index (χ0) is 7.84. The van der Waals surface area contributed by atoms with E-state index in [9.17, 15) is 0 Å². The van der Waals surface area contributed by atoms with E-state index < -0.39 is 0 Å². The van der Waals surface area contributed by atoms with Crippen molar-refractivity contribution in [3.8, 4) is 0 Å². The van der Waals surface area contributed by atoms with E-state index in [2.05, 4.69) is 10.4 Å². The molecule has 0 spiro atoms. The highest BCUT2D eigenvalue weighted by Gasteiger charge is 2.47. The minimum absolute atomic E-state index is 0.154. The van der Waals surface area contributed by atoms with Gasteiger partial charge in [-0.3, -0.25) is 5.73 Å². The number of ether oxygens (including phenoxy) is 1. The summed E-state index contributed by atoms with van der Waals surface area (Å²) < 4.78 is 5.07. The molecule has 0 aliphatic carbocycles. The van der Waals surface area contributed by atoms with Crippen molar-refractivity contribution in [2.24, 2.45) is 10.8 Å². The molecule has 0 saturated carbocycles. The SMILES string of the molecule is COC1NC2=CC=N[N+]2C1N. The summed E-state index contributed by atoms with van der Waals surface area (Å²) >= 11 is 0. The molecule has 1 fully saturated rings. The van der Waals surface area contributed by atoms with E-state index in [-0.39, 0.29) is 12.4 Å². The number of allylic oxidation sites excluding steroid dienone is 1. The maximum absolute atomic E-state index is 5.76. The van der Waals surface area contributed by atoms with Gasteiger partial charge in [-0.05, 0) is 5.10 Å². The lowest BCUT2D eigenvalue weighted by atomic mass is 10.5. The van der Waals surface area contributed by atoms with Crippen LogP contribution in [-0.2, 0) is 4.74 Å². The third-order valence-corrected chi connectivity index (χ3v) is 1.81. The fourth-order valence-corrected chi connectivity index (χ4v) is 1.22. The molecule has 0 aromatic carbocycles. The summed E-state index contributed by atoms with van der Waals surface area (Å²) in [6, 6.07) is 0. The first kappa shape index (κ1) is 6.78. The van der Waals surface area contributed by atoms with Crippen molar-refractivity contribution >= 4 is 6.21 Å². The van der Waals surface area contributed by atoms with Gasteiger partial charge in [0, 0.05) is 18.2 Å². The van der Waals surface area contributed by atoms with Crippen molar-refractivity contribution in [1.29, 1.82) is 0 Å². The smallest absolute Gasteiger partial charge is 0.286 e. The summed E-state index contributed by atoms with van der Waals surface area (Å²) in [5.74, 6) is 0.907. The molecule has 5 heteroatoms. The van der Waals surface area contributed by atoms with Gasteiger partial charge in [0.25, 0.3) is 12.0 Å². The molecule has 2 aliphatic heterocycles. The monoisotopic (exact) mass is 154 g/mol.